The third-order valence-corrected chi connectivity index (χ3v) is 10.5. The minimum absolute atomic E-state index is 0.590. The number of benzene rings is 8. The van der Waals surface area contributed by atoms with E-state index in [-0.39, 0.29) is 0 Å². The Bertz CT molecular complexity index is 3170. The maximum Gasteiger partial charge on any atom is 0.164 e. The van der Waals surface area contributed by atoms with Crippen LogP contribution in [0.1, 0.15) is 0 Å². The molecule has 11 aromatic rings. The van der Waals surface area contributed by atoms with Gasteiger partial charge < -0.3 is 13.7 Å². The summed E-state index contributed by atoms with van der Waals surface area (Å²) in [6, 6.07) is 66.4. The van der Waals surface area contributed by atoms with Crippen molar-refractivity contribution in [3.63, 3.8) is 0 Å². The highest BCUT2D eigenvalue weighted by molar-refractivity contribution is 6.13. The van der Waals surface area contributed by atoms with Crippen molar-refractivity contribution < 1.29 is 8.83 Å². The lowest BCUT2D eigenvalue weighted by Crippen LogP contribution is -2.10. The molecule has 0 spiro atoms. The predicted octanol–water partition coefficient (Wildman–Crippen LogP) is 13.8. The molecule has 11 rings (SSSR count). The number of fused-ring (bicyclic) bond motifs is 6. The van der Waals surface area contributed by atoms with Crippen molar-refractivity contribution in [2.75, 3.05) is 4.90 Å². The molecular weight excluding hydrogens is 701 g/mol. The first kappa shape index (κ1) is 32.6. The number of hydrogen-bond acceptors (Lipinski definition) is 6. The summed E-state index contributed by atoms with van der Waals surface area (Å²) in [6.45, 7) is 0. The van der Waals surface area contributed by atoms with Crippen molar-refractivity contribution in [1.82, 2.24) is 15.0 Å². The zero-order valence-electron chi connectivity index (χ0n) is 30.6. The van der Waals surface area contributed by atoms with Gasteiger partial charge in [0.05, 0.1) is 11.1 Å². The van der Waals surface area contributed by atoms with Crippen molar-refractivity contribution in [2.24, 2.45) is 0 Å². The molecule has 0 radical (unpaired) electrons. The second kappa shape index (κ2) is 13.5. The van der Waals surface area contributed by atoms with Gasteiger partial charge >= 0.3 is 0 Å². The van der Waals surface area contributed by atoms with E-state index in [9.17, 15) is 0 Å². The molecule has 0 saturated heterocycles. The Kier molecular flexibility index (Phi) is 7.71. The fourth-order valence-electron chi connectivity index (χ4n) is 7.78. The summed E-state index contributed by atoms with van der Waals surface area (Å²) in [6.07, 6.45) is 0. The zero-order chi connectivity index (χ0) is 37.7. The molecule has 0 bridgehead atoms. The van der Waals surface area contributed by atoms with Crippen LogP contribution >= 0.6 is 0 Å². The number of furan rings is 2. The lowest BCUT2D eigenvalue weighted by Gasteiger charge is -2.26. The van der Waals surface area contributed by atoms with Crippen LogP contribution in [0, 0.1) is 0 Å². The van der Waals surface area contributed by atoms with Gasteiger partial charge in [-0.15, -0.1) is 0 Å². The average molecular weight is 733 g/mol. The Hall–Kier alpha value is -7.83. The molecule has 0 unspecified atom stereocenters. The monoisotopic (exact) mass is 732 g/mol. The van der Waals surface area contributed by atoms with Crippen LogP contribution in [0.3, 0.4) is 0 Å². The number of para-hydroxylation sites is 2. The molecule has 0 aliphatic carbocycles. The largest absolute Gasteiger partial charge is 0.456 e. The standard InChI is InChI=1S/C51H32N4O2/c1-4-13-34(14-5-1)49-52-50(35-15-6-2-7-16-35)54-51(53-49)37-25-29-40-42-31-36(26-30-45(42)57-47(40)32-37)33-23-27-39(28-24-33)55(38-17-8-3-9-18-38)43-20-12-22-46-48(43)41-19-10-11-21-44(41)56-46/h1-32H. The van der Waals surface area contributed by atoms with Gasteiger partial charge in [0.1, 0.15) is 22.3 Å². The molecule has 0 saturated carbocycles. The lowest BCUT2D eigenvalue weighted by molar-refractivity contribution is 0.668. The molecule has 0 aliphatic heterocycles. The van der Waals surface area contributed by atoms with E-state index < -0.39 is 0 Å². The van der Waals surface area contributed by atoms with Crippen molar-refractivity contribution in [3.05, 3.63) is 194 Å². The van der Waals surface area contributed by atoms with Crippen molar-refractivity contribution >= 4 is 60.9 Å². The minimum atomic E-state index is 0.590. The highest BCUT2D eigenvalue weighted by atomic mass is 16.3. The van der Waals surface area contributed by atoms with Crippen LogP contribution in [-0.4, -0.2) is 15.0 Å². The molecule has 0 atom stereocenters. The van der Waals surface area contributed by atoms with Crippen molar-refractivity contribution in [3.8, 4) is 45.3 Å². The summed E-state index contributed by atoms with van der Waals surface area (Å²) < 4.78 is 12.7. The Morgan fingerprint density at radius 1 is 0.316 bits per heavy atom. The van der Waals surface area contributed by atoms with Gasteiger partial charge in [0, 0.05) is 44.2 Å². The molecule has 3 aromatic heterocycles. The van der Waals surface area contributed by atoms with Gasteiger partial charge in [0.15, 0.2) is 17.5 Å². The van der Waals surface area contributed by atoms with Crippen LogP contribution in [-0.2, 0) is 0 Å². The second-order valence-corrected chi connectivity index (χ2v) is 14.0. The SMILES string of the molecule is c1ccc(-c2nc(-c3ccccc3)nc(-c3ccc4c(c3)oc3ccc(-c5ccc(N(c6ccccc6)c6cccc7oc8ccccc8c67)cc5)cc34)n2)cc1. The summed E-state index contributed by atoms with van der Waals surface area (Å²) in [4.78, 5) is 17.0. The van der Waals surface area contributed by atoms with Crippen LogP contribution in [0.4, 0.5) is 17.1 Å². The van der Waals surface area contributed by atoms with Gasteiger partial charge in [0.25, 0.3) is 0 Å². The highest BCUT2D eigenvalue weighted by Crippen LogP contribution is 2.43. The number of hydrogen-bond donors (Lipinski definition) is 0. The summed E-state index contributed by atoms with van der Waals surface area (Å²) in [5, 5.41) is 4.26. The van der Waals surface area contributed by atoms with Crippen LogP contribution < -0.4 is 4.90 Å². The Labute approximate surface area is 328 Å². The van der Waals surface area contributed by atoms with E-state index in [2.05, 4.69) is 108 Å². The summed E-state index contributed by atoms with van der Waals surface area (Å²) in [5.41, 5.74) is 11.5. The number of nitrogens with zero attached hydrogens (tertiary/aromatic N) is 4. The highest BCUT2D eigenvalue weighted by Gasteiger charge is 2.20. The number of aromatic nitrogens is 3. The van der Waals surface area contributed by atoms with Crippen molar-refractivity contribution in [1.29, 1.82) is 0 Å². The van der Waals surface area contributed by atoms with Gasteiger partial charge in [-0.2, -0.15) is 0 Å². The lowest BCUT2D eigenvalue weighted by atomic mass is 10.0. The van der Waals surface area contributed by atoms with Gasteiger partial charge in [0.2, 0.25) is 0 Å². The van der Waals surface area contributed by atoms with Crippen LogP contribution in [0.2, 0.25) is 0 Å². The fourth-order valence-corrected chi connectivity index (χ4v) is 7.78. The van der Waals surface area contributed by atoms with E-state index in [0.717, 1.165) is 88.8 Å². The average Bonchev–Trinajstić information content (AvgIpc) is 3.86. The fraction of sp³-hybridized carbons (Fsp3) is 0. The summed E-state index contributed by atoms with van der Waals surface area (Å²) >= 11 is 0. The summed E-state index contributed by atoms with van der Waals surface area (Å²) in [5.74, 6) is 1.84. The Morgan fingerprint density at radius 2 is 0.860 bits per heavy atom. The van der Waals surface area contributed by atoms with E-state index in [1.807, 2.05) is 91.0 Å². The molecule has 6 heteroatoms. The van der Waals surface area contributed by atoms with E-state index >= 15 is 0 Å². The Morgan fingerprint density at radius 3 is 1.58 bits per heavy atom. The Balaban J connectivity index is 0.964. The van der Waals surface area contributed by atoms with E-state index in [1.54, 1.807) is 0 Å². The molecule has 3 heterocycles. The first-order valence-corrected chi connectivity index (χ1v) is 18.9. The molecule has 0 amide bonds. The summed E-state index contributed by atoms with van der Waals surface area (Å²) in [7, 11) is 0. The maximum absolute atomic E-state index is 6.46. The molecule has 0 aliphatic rings. The minimum Gasteiger partial charge on any atom is -0.456 e. The van der Waals surface area contributed by atoms with E-state index in [4.69, 9.17) is 23.8 Å². The number of anilines is 3. The zero-order valence-corrected chi connectivity index (χ0v) is 30.6. The quantitative estimate of drug-likeness (QED) is 0.162. The molecule has 8 aromatic carbocycles. The van der Waals surface area contributed by atoms with E-state index in [1.165, 1.54) is 0 Å². The third kappa shape index (κ3) is 5.79. The van der Waals surface area contributed by atoms with Gasteiger partial charge in [-0.3, -0.25) is 0 Å². The smallest absolute Gasteiger partial charge is 0.164 e. The van der Waals surface area contributed by atoms with Crippen molar-refractivity contribution in [2.45, 2.75) is 0 Å². The van der Waals surface area contributed by atoms with Crippen LogP contribution in [0.15, 0.2) is 203 Å². The first-order valence-electron chi connectivity index (χ1n) is 18.9. The molecule has 0 N–H and O–H groups in total. The molecular formula is C51H32N4O2. The van der Waals surface area contributed by atoms with E-state index in [0.29, 0.717) is 17.5 Å². The normalized spacial score (nSPS) is 11.5. The van der Waals surface area contributed by atoms with Crippen LogP contribution in [0.25, 0.3) is 89.2 Å². The molecule has 0 fully saturated rings. The topological polar surface area (TPSA) is 68.2 Å². The number of rotatable bonds is 7. The second-order valence-electron chi connectivity index (χ2n) is 14.0. The van der Waals surface area contributed by atoms with Crippen LogP contribution in [0.5, 0.6) is 0 Å². The van der Waals surface area contributed by atoms with Gasteiger partial charge in [-0.25, -0.2) is 15.0 Å². The predicted molar refractivity (Wildman–Crippen MR) is 231 cm³/mol. The third-order valence-electron chi connectivity index (χ3n) is 10.5. The molecule has 268 valence electrons. The molecule has 6 nitrogen and oxygen atoms in total. The van der Waals surface area contributed by atoms with Gasteiger partial charge in [-0.05, 0) is 77.9 Å². The van der Waals surface area contributed by atoms with Gasteiger partial charge in [-0.1, -0.05) is 127 Å². The first-order chi connectivity index (χ1) is 28.2. The molecule has 57 heavy (non-hydrogen) atoms. The maximum atomic E-state index is 6.46.